The fourth-order valence-electron chi connectivity index (χ4n) is 4.07. The molecule has 0 aliphatic carbocycles. The number of nitrogen functional groups attached to an aromatic ring is 1. The van der Waals surface area contributed by atoms with Gasteiger partial charge in [-0.05, 0) is 48.2 Å². The van der Waals surface area contributed by atoms with E-state index < -0.39 is 0 Å². The van der Waals surface area contributed by atoms with Gasteiger partial charge in [-0.15, -0.1) is 11.3 Å². The van der Waals surface area contributed by atoms with Gasteiger partial charge in [0.1, 0.15) is 15.5 Å². The van der Waals surface area contributed by atoms with Crippen LogP contribution in [0.3, 0.4) is 0 Å². The molecule has 0 unspecified atom stereocenters. The first-order valence-electron chi connectivity index (χ1n) is 11.3. The standard InChI is InChI=1S/C29H23N3O3S/c1-17-22(25(33)14-13-18-7-5-10-20(15-18)35-2)16-23-26(30)27(36-29(23)31-17)28(34)32-24-12-6-9-19-8-3-4-11-21(19)24/h3-16H,30H2,1-2H3,(H,32,34)/b14-13+. The van der Waals surface area contributed by atoms with E-state index in [1.807, 2.05) is 66.7 Å². The number of hydrogen-bond acceptors (Lipinski definition) is 6. The molecule has 6 nitrogen and oxygen atoms in total. The molecule has 0 saturated heterocycles. The topological polar surface area (TPSA) is 94.3 Å². The SMILES string of the molecule is COc1cccc(/C=C/C(=O)c2cc3c(N)c(C(=O)Nc4cccc5ccccc45)sc3nc2C)c1. The molecule has 0 bridgehead atoms. The number of methoxy groups -OCH3 is 1. The molecule has 0 aliphatic rings. The number of benzene rings is 3. The van der Waals surface area contributed by atoms with Gasteiger partial charge in [-0.25, -0.2) is 4.98 Å². The average Bonchev–Trinajstić information content (AvgIpc) is 3.22. The number of nitrogens with one attached hydrogen (secondary N) is 1. The van der Waals surface area contributed by atoms with Crippen molar-refractivity contribution in [1.82, 2.24) is 4.98 Å². The van der Waals surface area contributed by atoms with Crippen LogP contribution in [0.15, 0.2) is 78.9 Å². The summed E-state index contributed by atoms with van der Waals surface area (Å²) in [5.41, 5.74) is 9.26. The molecule has 2 aromatic heterocycles. The normalized spacial score (nSPS) is 11.3. The second-order valence-electron chi connectivity index (χ2n) is 8.27. The first-order valence-corrected chi connectivity index (χ1v) is 12.1. The predicted molar refractivity (Wildman–Crippen MR) is 147 cm³/mol. The molecule has 2 heterocycles. The molecule has 7 heteroatoms. The van der Waals surface area contributed by atoms with E-state index in [1.165, 1.54) is 17.4 Å². The van der Waals surface area contributed by atoms with Crippen LogP contribution in [-0.2, 0) is 0 Å². The van der Waals surface area contributed by atoms with Crippen LogP contribution < -0.4 is 15.8 Å². The highest BCUT2D eigenvalue weighted by Gasteiger charge is 2.20. The Balaban J connectivity index is 1.44. The number of aryl methyl sites for hydroxylation is 1. The van der Waals surface area contributed by atoms with Crippen molar-refractivity contribution >= 4 is 61.5 Å². The fraction of sp³-hybridized carbons (Fsp3) is 0.0690. The maximum absolute atomic E-state index is 13.2. The summed E-state index contributed by atoms with van der Waals surface area (Å²) in [6, 6.07) is 22.7. The van der Waals surface area contributed by atoms with Gasteiger partial charge in [0, 0.05) is 22.0 Å². The van der Waals surface area contributed by atoms with Crippen molar-refractivity contribution in [3.8, 4) is 5.75 Å². The molecule has 1 amide bonds. The summed E-state index contributed by atoms with van der Waals surface area (Å²) in [6.45, 7) is 1.78. The third kappa shape index (κ3) is 4.44. The Labute approximate surface area is 212 Å². The zero-order chi connectivity index (χ0) is 25.2. The molecule has 0 spiro atoms. The second kappa shape index (κ2) is 9.64. The van der Waals surface area contributed by atoms with Crippen LogP contribution in [0.4, 0.5) is 11.4 Å². The minimum Gasteiger partial charge on any atom is -0.497 e. The zero-order valence-corrected chi connectivity index (χ0v) is 20.6. The van der Waals surface area contributed by atoms with Crippen LogP contribution >= 0.6 is 11.3 Å². The number of carbonyl (C=O) groups excluding carboxylic acids is 2. The maximum Gasteiger partial charge on any atom is 0.267 e. The van der Waals surface area contributed by atoms with E-state index in [1.54, 1.807) is 26.2 Å². The molecule has 178 valence electrons. The molecular weight excluding hydrogens is 470 g/mol. The van der Waals surface area contributed by atoms with Crippen molar-refractivity contribution in [3.63, 3.8) is 0 Å². The largest absolute Gasteiger partial charge is 0.497 e. The average molecular weight is 494 g/mol. The molecular formula is C29H23N3O3S. The van der Waals surface area contributed by atoms with E-state index in [0.717, 1.165) is 16.3 Å². The predicted octanol–water partition coefficient (Wildman–Crippen LogP) is 6.50. The third-order valence-electron chi connectivity index (χ3n) is 5.94. The molecule has 0 radical (unpaired) electrons. The van der Waals surface area contributed by atoms with Gasteiger partial charge in [0.05, 0.1) is 18.5 Å². The highest BCUT2D eigenvalue weighted by atomic mass is 32.1. The summed E-state index contributed by atoms with van der Waals surface area (Å²) >= 11 is 1.21. The Morgan fingerprint density at radius 2 is 1.78 bits per heavy atom. The molecule has 5 rings (SSSR count). The zero-order valence-electron chi connectivity index (χ0n) is 19.7. The van der Waals surface area contributed by atoms with Crippen LogP contribution in [0.2, 0.25) is 0 Å². The number of nitrogens with zero attached hydrogens (tertiary/aromatic N) is 1. The quantitative estimate of drug-likeness (QED) is 0.208. The maximum atomic E-state index is 13.2. The number of rotatable bonds is 6. The lowest BCUT2D eigenvalue weighted by Crippen LogP contribution is -2.12. The van der Waals surface area contributed by atoms with E-state index in [0.29, 0.717) is 43.5 Å². The number of hydrogen-bond donors (Lipinski definition) is 2. The number of thiophene rings is 1. The Morgan fingerprint density at radius 3 is 2.61 bits per heavy atom. The van der Waals surface area contributed by atoms with Crippen molar-refractivity contribution in [2.75, 3.05) is 18.2 Å². The molecule has 0 atom stereocenters. The van der Waals surface area contributed by atoms with Gasteiger partial charge >= 0.3 is 0 Å². The molecule has 0 aliphatic heterocycles. The molecule has 0 saturated carbocycles. The summed E-state index contributed by atoms with van der Waals surface area (Å²) in [5.74, 6) is 0.205. The number of ether oxygens (including phenoxy) is 1. The van der Waals surface area contributed by atoms with E-state index in [9.17, 15) is 9.59 Å². The van der Waals surface area contributed by atoms with Gasteiger partial charge in [-0.3, -0.25) is 9.59 Å². The number of carbonyl (C=O) groups is 2. The van der Waals surface area contributed by atoms with E-state index >= 15 is 0 Å². The van der Waals surface area contributed by atoms with Gasteiger partial charge in [0.25, 0.3) is 5.91 Å². The highest BCUT2D eigenvalue weighted by molar-refractivity contribution is 7.21. The monoisotopic (exact) mass is 493 g/mol. The van der Waals surface area contributed by atoms with E-state index in [4.69, 9.17) is 10.5 Å². The number of aromatic nitrogens is 1. The van der Waals surface area contributed by atoms with Crippen LogP contribution in [0.1, 0.15) is 31.3 Å². The number of pyridine rings is 1. The van der Waals surface area contributed by atoms with Crippen molar-refractivity contribution in [2.45, 2.75) is 6.92 Å². The minimum atomic E-state index is -0.310. The van der Waals surface area contributed by atoms with Gasteiger partial charge in [-0.2, -0.15) is 0 Å². The molecule has 0 fully saturated rings. The molecule has 36 heavy (non-hydrogen) atoms. The lowest BCUT2D eigenvalue weighted by atomic mass is 10.1. The Hall–Kier alpha value is -4.49. The minimum absolute atomic E-state index is 0.197. The smallest absolute Gasteiger partial charge is 0.267 e. The first-order chi connectivity index (χ1) is 17.4. The third-order valence-corrected chi connectivity index (χ3v) is 7.06. The van der Waals surface area contributed by atoms with Gasteiger partial charge in [0.2, 0.25) is 0 Å². The Kier molecular flexibility index (Phi) is 6.23. The van der Waals surface area contributed by atoms with Crippen molar-refractivity contribution in [1.29, 1.82) is 0 Å². The fourth-order valence-corrected chi connectivity index (χ4v) is 5.08. The van der Waals surface area contributed by atoms with Gasteiger partial charge < -0.3 is 15.8 Å². The van der Waals surface area contributed by atoms with Crippen molar-refractivity contribution in [3.05, 3.63) is 101 Å². The van der Waals surface area contributed by atoms with E-state index in [-0.39, 0.29) is 11.7 Å². The van der Waals surface area contributed by atoms with Crippen LogP contribution in [0, 0.1) is 6.92 Å². The number of ketones is 1. The van der Waals surface area contributed by atoms with E-state index in [2.05, 4.69) is 10.3 Å². The highest BCUT2D eigenvalue weighted by Crippen LogP contribution is 2.35. The molecule has 3 N–H and O–H groups in total. The first kappa shape index (κ1) is 23.3. The summed E-state index contributed by atoms with van der Waals surface area (Å²) in [4.78, 5) is 31.7. The number of nitrogens with two attached hydrogens (primary N) is 1. The van der Waals surface area contributed by atoms with Gasteiger partial charge in [0.15, 0.2) is 5.78 Å². The van der Waals surface area contributed by atoms with Crippen LogP contribution in [0.5, 0.6) is 5.75 Å². The van der Waals surface area contributed by atoms with Gasteiger partial charge in [-0.1, -0.05) is 54.6 Å². The second-order valence-corrected chi connectivity index (χ2v) is 9.27. The Bertz CT molecular complexity index is 1660. The summed E-state index contributed by atoms with van der Waals surface area (Å²) in [7, 11) is 1.60. The molecule has 3 aromatic carbocycles. The summed E-state index contributed by atoms with van der Waals surface area (Å²) in [5, 5.41) is 5.54. The van der Waals surface area contributed by atoms with Crippen molar-refractivity contribution < 1.29 is 14.3 Å². The lowest BCUT2D eigenvalue weighted by Gasteiger charge is -2.08. The number of fused-ring (bicyclic) bond motifs is 2. The summed E-state index contributed by atoms with van der Waals surface area (Å²) < 4.78 is 5.23. The Morgan fingerprint density at radius 1 is 1.00 bits per heavy atom. The lowest BCUT2D eigenvalue weighted by molar-refractivity contribution is 0.102. The molecule has 5 aromatic rings. The van der Waals surface area contributed by atoms with Crippen LogP contribution in [0.25, 0.3) is 27.1 Å². The summed E-state index contributed by atoms with van der Waals surface area (Å²) in [6.07, 6.45) is 3.23. The number of anilines is 2. The van der Waals surface area contributed by atoms with Crippen LogP contribution in [-0.4, -0.2) is 23.8 Å². The number of amides is 1. The van der Waals surface area contributed by atoms with Crippen molar-refractivity contribution in [2.24, 2.45) is 0 Å². The number of allylic oxidation sites excluding steroid dienone is 1.